The SMILES string of the molecule is CN=C(NCc1cccnc1N1CCC(C(N)=O)CC1)NC1CCCC1.I. The summed E-state index contributed by atoms with van der Waals surface area (Å²) in [6.07, 6.45) is 8.44. The largest absolute Gasteiger partial charge is 0.369 e. The highest BCUT2D eigenvalue weighted by Crippen LogP contribution is 2.24. The molecule has 4 N–H and O–H groups in total. The van der Waals surface area contributed by atoms with E-state index in [4.69, 9.17) is 5.73 Å². The lowest BCUT2D eigenvalue weighted by atomic mass is 9.96. The second kappa shape index (κ2) is 10.7. The second-order valence-electron chi connectivity index (χ2n) is 7.20. The Hall–Kier alpha value is -1.58. The van der Waals surface area contributed by atoms with Crippen LogP contribution in [-0.4, -0.2) is 43.0 Å². The van der Waals surface area contributed by atoms with E-state index in [-0.39, 0.29) is 35.8 Å². The highest BCUT2D eigenvalue weighted by molar-refractivity contribution is 14.0. The number of nitrogens with one attached hydrogen (secondary N) is 2. The van der Waals surface area contributed by atoms with Crippen molar-refractivity contribution < 1.29 is 4.79 Å². The molecule has 0 spiro atoms. The Morgan fingerprint density at radius 3 is 2.63 bits per heavy atom. The first-order valence-corrected chi connectivity index (χ1v) is 9.62. The Labute approximate surface area is 178 Å². The monoisotopic (exact) mass is 486 g/mol. The van der Waals surface area contributed by atoms with Crippen LogP contribution in [0.15, 0.2) is 23.3 Å². The average molecular weight is 486 g/mol. The van der Waals surface area contributed by atoms with Gasteiger partial charge in [0.25, 0.3) is 0 Å². The summed E-state index contributed by atoms with van der Waals surface area (Å²) in [5, 5.41) is 6.92. The number of piperidine rings is 1. The summed E-state index contributed by atoms with van der Waals surface area (Å²) in [6, 6.07) is 4.59. The van der Waals surface area contributed by atoms with Crippen molar-refractivity contribution in [1.82, 2.24) is 15.6 Å². The molecule has 0 radical (unpaired) electrons. The predicted molar refractivity (Wildman–Crippen MR) is 119 cm³/mol. The van der Waals surface area contributed by atoms with Gasteiger partial charge in [-0.2, -0.15) is 0 Å². The van der Waals surface area contributed by atoms with E-state index < -0.39 is 0 Å². The highest BCUT2D eigenvalue weighted by Gasteiger charge is 2.25. The van der Waals surface area contributed by atoms with Gasteiger partial charge in [0, 0.05) is 50.4 Å². The van der Waals surface area contributed by atoms with E-state index in [1.807, 2.05) is 19.3 Å². The van der Waals surface area contributed by atoms with E-state index >= 15 is 0 Å². The van der Waals surface area contributed by atoms with Crippen LogP contribution in [0.2, 0.25) is 0 Å². The molecule has 2 fully saturated rings. The van der Waals surface area contributed by atoms with Crippen molar-refractivity contribution in [2.45, 2.75) is 51.1 Å². The molecule has 1 aliphatic carbocycles. The molecular weight excluding hydrogens is 455 g/mol. The minimum Gasteiger partial charge on any atom is -0.369 e. The first-order valence-electron chi connectivity index (χ1n) is 9.62. The summed E-state index contributed by atoms with van der Waals surface area (Å²) in [7, 11) is 1.81. The molecule has 1 saturated heterocycles. The third-order valence-corrected chi connectivity index (χ3v) is 5.43. The maximum absolute atomic E-state index is 11.4. The number of hydrogen-bond donors (Lipinski definition) is 3. The van der Waals surface area contributed by atoms with Gasteiger partial charge >= 0.3 is 0 Å². The number of primary amides is 1. The second-order valence-corrected chi connectivity index (χ2v) is 7.20. The Balaban J connectivity index is 0.00000261. The van der Waals surface area contributed by atoms with Crippen LogP contribution in [0.1, 0.15) is 44.1 Å². The lowest BCUT2D eigenvalue weighted by Gasteiger charge is -2.32. The average Bonchev–Trinajstić information content (AvgIpc) is 3.18. The van der Waals surface area contributed by atoms with Gasteiger partial charge in [0.2, 0.25) is 5.91 Å². The first-order chi connectivity index (χ1) is 12.7. The van der Waals surface area contributed by atoms with Crippen LogP contribution in [0.25, 0.3) is 0 Å². The standard InChI is InChI=1S/C19H30N6O.HI/c1-21-19(24-16-6-2-3-7-16)23-13-15-5-4-10-22-18(15)25-11-8-14(9-12-25)17(20)26;/h4-5,10,14,16H,2-3,6-9,11-13H2,1H3,(H2,20,26)(H2,21,23,24);1H. The van der Waals surface area contributed by atoms with Crippen LogP contribution in [-0.2, 0) is 11.3 Å². The fourth-order valence-corrected chi connectivity index (χ4v) is 3.87. The van der Waals surface area contributed by atoms with Crippen molar-refractivity contribution in [2.75, 3.05) is 25.0 Å². The van der Waals surface area contributed by atoms with E-state index in [0.717, 1.165) is 43.3 Å². The van der Waals surface area contributed by atoms with Gasteiger partial charge in [-0.3, -0.25) is 9.79 Å². The smallest absolute Gasteiger partial charge is 0.220 e. The Kier molecular flexibility index (Phi) is 8.59. The Bertz CT molecular complexity index is 639. The number of guanidine groups is 1. The van der Waals surface area contributed by atoms with Gasteiger partial charge in [-0.25, -0.2) is 4.98 Å². The molecule has 150 valence electrons. The van der Waals surface area contributed by atoms with Gasteiger partial charge in [-0.1, -0.05) is 18.9 Å². The van der Waals surface area contributed by atoms with Crippen molar-refractivity contribution in [3.63, 3.8) is 0 Å². The van der Waals surface area contributed by atoms with Crippen LogP contribution >= 0.6 is 24.0 Å². The topological polar surface area (TPSA) is 95.6 Å². The summed E-state index contributed by atoms with van der Waals surface area (Å²) < 4.78 is 0. The minimum atomic E-state index is -0.186. The highest BCUT2D eigenvalue weighted by atomic mass is 127. The molecule has 0 aromatic carbocycles. The molecule has 0 atom stereocenters. The van der Waals surface area contributed by atoms with Gasteiger partial charge in [-0.15, -0.1) is 24.0 Å². The van der Waals surface area contributed by atoms with Crippen LogP contribution in [0, 0.1) is 5.92 Å². The third-order valence-electron chi connectivity index (χ3n) is 5.43. The molecule has 0 bridgehead atoms. The van der Waals surface area contributed by atoms with Gasteiger partial charge in [0.15, 0.2) is 5.96 Å². The van der Waals surface area contributed by atoms with E-state index in [9.17, 15) is 4.79 Å². The Morgan fingerprint density at radius 2 is 2.00 bits per heavy atom. The van der Waals surface area contributed by atoms with Crippen molar-refractivity contribution in [1.29, 1.82) is 0 Å². The summed E-state index contributed by atoms with van der Waals surface area (Å²) in [6.45, 7) is 2.30. The molecule has 1 amide bonds. The molecule has 8 heteroatoms. The zero-order valence-corrected chi connectivity index (χ0v) is 18.3. The minimum absolute atomic E-state index is 0. The molecule has 27 heavy (non-hydrogen) atoms. The number of anilines is 1. The van der Waals surface area contributed by atoms with Gasteiger partial charge < -0.3 is 21.3 Å². The number of carbonyl (C=O) groups is 1. The lowest BCUT2D eigenvalue weighted by molar-refractivity contribution is -0.122. The maximum atomic E-state index is 11.4. The fourth-order valence-electron chi connectivity index (χ4n) is 3.87. The van der Waals surface area contributed by atoms with Crippen molar-refractivity contribution in [2.24, 2.45) is 16.6 Å². The number of nitrogens with two attached hydrogens (primary N) is 1. The van der Waals surface area contributed by atoms with Crippen molar-refractivity contribution in [3.8, 4) is 0 Å². The number of aromatic nitrogens is 1. The number of nitrogens with zero attached hydrogens (tertiary/aromatic N) is 3. The van der Waals surface area contributed by atoms with E-state index in [2.05, 4.69) is 31.6 Å². The number of carbonyl (C=O) groups excluding carboxylic acids is 1. The van der Waals surface area contributed by atoms with Gasteiger partial charge in [-0.05, 0) is 31.7 Å². The molecule has 3 rings (SSSR count). The summed E-state index contributed by atoms with van der Waals surface area (Å²) >= 11 is 0. The predicted octanol–water partition coefficient (Wildman–Crippen LogP) is 2.01. The number of amides is 1. The molecule has 1 aromatic heterocycles. The molecule has 2 aliphatic rings. The van der Waals surface area contributed by atoms with Crippen molar-refractivity contribution in [3.05, 3.63) is 23.9 Å². The van der Waals surface area contributed by atoms with E-state index in [0.29, 0.717) is 12.6 Å². The summed E-state index contributed by atoms with van der Waals surface area (Å²) in [4.78, 5) is 22.6. The van der Waals surface area contributed by atoms with Gasteiger partial charge in [0.05, 0.1) is 0 Å². The molecule has 1 aliphatic heterocycles. The number of rotatable bonds is 5. The zero-order chi connectivity index (χ0) is 18.4. The van der Waals surface area contributed by atoms with Crippen LogP contribution in [0.5, 0.6) is 0 Å². The molecule has 1 aromatic rings. The molecule has 7 nitrogen and oxygen atoms in total. The number of aliphatic imine (C=N–C) groups is 1. The number of hydrogen-bond acceptors (Lipinski definition) is 4. The first kappa shape index (κ1) is 21.7. The third kappa shape index (κ3) is 5.95. The molecule has 2 heterocycles. The van der Waals surface area contributed by atoms with Gasteiger partial charge in [0.1, 0.15) is 5.82 Å². The zero-order valence-electron chi connectivity index (χ0n) is 16.0. The van der Waals surface area contributed by atoms with Crippen molar-refractivity contribution >= 4 is 41.7 Å². The van der Waals surface area contributed by atoms with E-state index in [1.165, 1.54) is 25.7 Å². The lowest BCUT2D eigenvalue weighted by Crippen LogP contribution is -2.42. The summed E-state index contributed by atoms with van der Waals surface area (Å²) in [5.74, 6) is 1.64. The van der Waals surface area contributed by atoms with Crippen LogP contribution in [0.3, 0.4) is 0 Å². The normalized spacial score (nSPS) is 18.9. The fraction of sp³-hybridized carbons (Fsp3) is 0.632. The number of halogens is 1. The maximum Gasteiger partial charge on any atom is 0.220 e. The molecule has 0 unspecified atom stereocenters. The molecule has 1 saturated carbocycles. The van der Waals surface area contributed by atoms with E-state index in [1.54, 1.807) is 0 Å². The molecular formula is C19H31IN6O. The number of pyridine rings is 1. The Morgan fingerprint density at radius 1 is 1.30 bits per heavy atom. The quantitative estimate of drug-likeness (QED) is 0.336. The van der Waals surface area contributed by atoms with Crippen LogP contribution in [0.4, 0.5) is 5.82 Å². The summed E-state index contributed by atoms with van der Waals surface area (Å²) in [5.41, 5.74) is 6.58. The van der Waals surface area contributed by atoms with Crippen LogP contribution < -0.4 is 21.3 Å².